The van der Waals surface area contributed by atoms with E-state index in [4.69, 9.17) is 9.47 Å². The van der Waals surface area contributed by atoms with Crippen LogP contribution in [0.1, 0.15) is 73.3 Å². The van der Waals surface area contributed by atoms with E-state index in [0.717, 1.165) is 19.6 Å². The molecule has 1 saturated heterocycles. The quantitative estimate of drug-likeness (QED) is 0.0462. The molecule has 1 aliphatic rings. The molecule has 2 aromatic carbocycles. The molecular weight excluding hydrogens is 857 g/mol. The Labute approximate surface area is 369 Å². The number of ether oxygens (including phenoxy) is 2. The number of aryl methyl sites for hydroxylation is 4. The first-order chi connectivity index (χ1) is 30.7. The molecule has 0 saturated carbocycles. The van der Waals surface area contributed by atoms with Crippen LogP contribution in [0.2, 0.25) is 0 Å². The fraction of sp³-hybridized carbons (Fsp3) is 0.381. The Morgan fingerprint density at radius 3 is 1.80 bits per heavy atom. The van der Waals surface area contributed by atoms with Gasteiger partial charge in [0.25, 0.3) is 11.8 Å². The molecular formula is C42H47F2N11O8S. The smallest absolute Gasteiger partial charge is 0.335 e. The van der Waals surface area contributed by atoms with Crippen molar-refractivity contribution in [2.75, 3.05) is 56.3 Å². The maximum atomic E-state index is 15.3. The number of halogens is 2. The number of rotatable bonds is 18. The van der Waals surface area contributed by atoms with Crippen molar-refractivity contribution in [2.24, 2.45) is 0 Å². The van der Waals surface area contributed by atoms with Crippen LogP contribution in [0.25, 0.3) is 22.1 Å². The summed E-state index contributed by atoms with van der Waals surface area (Å²) >= 11 is 1.27. The van der Waals surface area contributed by atoms with Crippen molar-refractivity contribution in [3.05, 3.63) is 82.0 Å². The molecule has 22 heteroatoms. The number of amides is 2. The number of morpholine rings is 1. The predicted molar refractivity (Wildman–Crippen MR) is 233 cm³/mol. The van der Waals surface area contributed by atoms with Gasteiger partial charge >= 0.3 is 11.9 Å². The summed E-state index contributed by atoms with van der Waals surface area (Å²) in [5.41, 5.74) is 0.639. The minimum absolute atomic E-state index is 0.00301. The Morgan fingerprint density at radius 1 is 0.797 bits per heavy atom. The van der Waals surface area contributed by atoms with Crippen molar-refractivity contribution in [3.63, 3.8) is 0 Å². The van der Waals surface area contributed by atoms with E-state index in [9.17, 15) is 29.4 Å². The number of aromatic nitrogens is 8. The summed E-state index contributed by atoms with van der Waals surface area (Å²) in [5, 5.41) is 33.5. The zero-order valence-electron chi connectivity index (χ0n) is 35.8. The number of thioether (sulfide) groups is 1. The number of anilines is 2. The average molecular weight is 904 g/mol. The summed E-state index contributed by atoms with van der Waals surface area (Å²) < 4.78 is 47.9. The van der Waals surface area contributed by atoms with E-state index in [2.05, 4.69) is 35.7 Å². The molecule has 7 rings (SSSR count). The van der Waals surface area contributed by atoms with E-state index < -0.39 is 35.4 Å². The van der Waals surface area contributed by atoms with E-state index in [-0.39, 0.29) is 95.4 Å². The number of carbonyl (C=O) groups excluding carboxylic acids is 2. The molecule has 0 unspecified atom stereocenters. The molecule has 0 atom stereocenters. The normalized spacial score (nSPS) is 13.4. The van der Waals surface area contributed by atoms with Crippen molar-refractivity contribution < 1.29 is 47.6 Å². The summed E-state index contributed by atoms with van der Waals surface area (Å²) in [4.78, 5) is 63.8. The van der Waals surface area contributed by atoms with Crippen LogP contribution in [0.3, 0.4) is 0 Å². The Hall–Kier alpha value is -6.65. The van der Waals surface area contributed by atoms with Gasteiger partial charge in [-0.05, 0) is 64.6 Å². The van der Waals surface area contributed by atoms with Crippen LogP contribution < -0.4 is 15.4 Å². The first kappa shape index (κ1) is 45.4. The molecule has 5 heterocycles. The number of hydrogen-bond acceptors (Lipinski definition) is 12. The molecule has 1 fully saturated rings. The van der Waals surface area contributed by atoms with Gasteiger partial charge in [-0.25, -0.2) is 28.3 Å². The number of hydrogen-bond donors (Lipinski definition) is 4. The molecule has 4 N–H and O–H groups in total. The molecule has 0 bridgehead atoms. The second-order valence-electron chi connectivity index (χ2n) is 14.8. The third kappa shape index (κ3) is 9.19. The summed E-state index contributed by atoms with van der Waals surface area (Å²) in [6.07, 6.45) is 5.84. The van der Waals surface area contributed by atoms with Gasteiger partial charge in [-0.2, -0.15) is 10.2 Å². The first-order valence-corrected chi connectivity index (χ1v) is 21.7. The summed E-state index contributed by atoms with van der Waals surface area (Å²) in [6, 6.07) is 5.61. The number of nitrogens with zero attached hydrogens (tertiary/aromatic N) is 9. The Morgan fingerprint density at radius 2 is 1.30 bits per heavy atom. The number of carboxylic acid groups (broad SMARTS) is 2. The van der Waals surface area contributed by atoms with Crippen LogP contribution in [-0.4, -0.2) is 123 Å². The minimum atomic E-state index is -1.22. The Bertz CT molecular complexity index is 2810. The molecule has 2 amide bonds. The molecule has 0 radical (unpaired) electrons. The Balaban J connectivity index is 1.27. The lowest BCUT2D eigenvalue weighted by Crippen LogP contribution is -2.37. The van der Waals surface area contributed by atoms with Crippen LogP contribution in [0.5, 0.6) is 5.75 Å². The highest BCUT2D eigenvalue weighted by molar-refractivity contribution is 7.98. The van der Waals surface area contributed by atoms with Gasteiger partial charge < -0.3 is 28.8 Å². The molecule has 6 aromatic rings. The second kappa shape index (κ2) is 19.4. The molecule has 1 aliphatic heterocycles. The predicted octanol–water partition coefficient (Wildman–Crippen LogP) is 5.69. The molecule has 4 aromatic heterocycles. The minimum Gasteiger partial charge on any atom is -0.491 e. The fourth-order valence-corrected chi connectivity index (χ4v) is 8.16. The Kier molecular flexibility index (Phi) is 13.7. The van der Waals surface area contributed by atoms with Gasteiger partial charge in [-0.1, -0.05) is 12.2 Å². The maximum absolute atomic E-state index is 15.3. The molecule has 338 valence electrons. The number of imidazole rings is 2. The largest absolute Gasteiger partial charge is 0.491 e. The first-order valence-electron chi connectivity index (χ1n) is 20.5. The lowest BCUT2D eigenvalue weighted by molar-refractivity contribution is 0.0358. The van der Waals surface area contributed by atoms with Crippen LogP contribution in [0.15, 0.2) is 41.3 Å². The van der Waals surface area contributed by atoms with Crippen molar-refractivity contribution in [3.8, 4) is 5.75 Å². The average Bonchev–Trinajstić information content (AvgIpc) is 3.99. The highest BCUT2D eigenvalue weighted by Crippen LogP contribution is 2.34. The standard InChI is InChI=1S/C42H47F2N11O8S/c1-6-54-35(31(43)23(3)49-54)37(56)47-41-45-27-19-25(39(58)59)21-29(63-16-10-11-51-14-17-62-18-15-51)33(27)52(41)12-8-9-13-53-34-28(20-26(40(60)61)22-30(34)64-5)46-42(53)48-38(57)36-32(44)24(4)50-55(36)7-2/h8-9,19-22H,6-7,10-18H2,1-5H3,(H,58,59)(H,60,61)(H,45,47,56)(H,46,48,57)/b9-8+. The topological polar surface area (TPSA) is 226 Å². The summed E-state index contributed by atoms with van der Waals surface area (Å²) in [7, 11) is 0. The van der Waals surface area contributed by atoms with Crippen molar-refractivity contribution >= 4 is 69.5 Å². The molecule has 0 spiro atoms. The number of nitrogens with one attached hydrogen (secondary N) is 2. The number of benzene rings is 2. The van der Waals surface area contributed by atoms with Crippen molar-refractivity contribution in [1.29, 1.82) is 0 Å². The van der Waals surface area contributed by atoms with Gasteiger partial charge in [0.05, 0.1) is 58.9 Å². The zero-order chi connectivity index (χ0) is 45.8. The summed E-state index contributed by atoms with van der Waals surface area (Å²) in [6.45, 7) is 10.6. The number of fused-ring (bicyclic) bond motifs is 2. The molecule has 0 aliphatic carbocycles. The SMILES string of the molecule is CCn1nc(C)c(F)c1C(=O)Nc1nc2cc(C(=O)O)cc(OCCCN3CCOCC3)c2n1C/C=C/Cn1c(NC(=O)c2c(F)c(C)nn2CC)nc2cc(C(=O)O)cc(SC)c21. The number of carboxylic acids is 2. The van der Waals surface area contributed by atoms with Gasteiger partial charge in [0.15, 0.2) is 23.0 Å². The highest BCUT2D eigenvalue weighted by Gasteiger charge is 2.27. The third-order valence-electron chi connectivity index (χ3n) is 10.6. The zero-order valence-corrected chi connectivity index (χ0v) is 36.6. The van der Waals surface area contributed by atoms with Gasteiger partial charge in [0.2, 0.25) is 11.9 Å². The molecule has 64 heavy (non-hydrogen) atoms. The highest BCUT2D eigenvalue weighted by atomic mass is 32.2. The van der Waals surface area contributed by atoms with Crippen LogP contribution in [0, 0.1) is 25.5 Å². The summed E-state index contributed by atoms with van der Waals surface area (Å²) in [5.74, 6) is -5.48. The maximum Gasteiger partial charge on any atom is 0.335 e. The van der Waals surface area contributed by atoms with Gasteiger partial charge in [-0.15, -0.1) is 11.8 Å². The van der Waals surface area contributed by atoms with Crippen LogP contribution >= 0.6 is 11.8 Å². The van der Waals surface area contributed by atoms with E-state index in [1.165, 1.54) is 59.2 Å². The van der Waals surface area contributed by atoms with Crippen LogP contribution in [-0.2, 0) is 30.9 Å². The van der Waals surface area contributed by atoms with E-state index >= 15 is 8.78 Å². The van der Waals surface area contributed by atoms with Gasteiger partial charge in [-0.3, -0.25) is 34.5 Å². The van der Waals surface area contributed by atoms with E-state index in [1.807, 2.05) is 0 Å². The lowest BCUT2D eigenvalue weighted by Gasteiger charge is -2.26. The lowest BCUT2D eigenvalue weighted by atomic mass is 10.2. The van der Waals surface area contributed by atoms with Gasteiger partial charge in [0, 0.05) is 50.7 Å². The number of aromatic carboxylic acids is 2. The van der Waals surface area contributed by atoms with Crippen molar-refractivity contribution in [2.45, 2.75) is 65.2 Å². The monoisotopic (exact) mass is 903 g/mol. The second-order valence-corrected chi connectivity index (χ2v) is 15.6. The van der Waals surface area contributed by atoms with E-state index in [1.54, 1.807) is 41.4 Å². The molecule has 19 nitrogen and oxygen atoms in total. The van der Waals surface area contributed by atoms with Crippen molar-refractivity contribution in [1.82, 2.24) is 43.6 Å². The number of allylic oxidation sites excluding steroid dienone is 2. The number of carbonyl (C=O) groups is 4. The fourth-order valence-electron chi connectivity index (χ4n) is 7.51. The van der Waals surface area contributed by atoms with Crippen LogP contribution in [0.4, 0.5) is 20.7 Å². The van der Waals surface area contributed by atoms with Gasteiger partial charge in [0.1, 0.15) is 11.3 Å². The van der Waals surface area contributed by atoms with E-state index in [0.29, 0.717) is 35.6 Å². The third-order valence-corrected chi connectivity index (χ3v) is 11.4.